The summed E-state index contributed by atoms with van der Waals surface area (Å²) in [4.78, 5) is 15.4. The molecule has 128 valence electrons. The van der Waals surface area contributed by atoms with Crippen molar-refractivity contribution in [2.45, 2.75) is 13.0 Å². The Kier molecular flexibility index (Phi) is 4.62. The molecule has 1 saturated heterocycles. The molecule has 0 saturated carbocycles. The molecule has 0 aromatic heterocycles. The zero-order valence-corrected chi connectivity index (χ0v) is 15.9. The van der Waals surface area contributed by atoms with Gasteiger partial charge in [0, 0.05) is 0 Å². The number of fused-ring (bicyclic) bond motifs is 1. The molecular weight excluding hydrogens is 358 g/mol. The van der Waals surface area contributed by atoms with E-state index in [2.05, 4.69) is 18.2 Å². The molecule has 1 aliphatic heterocycles. The molecule has 0 N–H and O–H groups in total. The minimum atomic E-state index is -0.0814. The van der Waals surface area contributed by atoms with Crippen LogP contribution < -0.4 is 0 Å². The van der Waals surface area contributed by atoms with Gasteiger partial charge in [-0.25, -0.2) is 0 Å². The molecule has 1 atom stereocenters. The molecule has 3 aromatic carbocycles. The van der Waals surface area contributed by atoms with Gasteiger partial charge in [0.25, 0.3) is 5.91 Å². The van der Waals surface area contributed by atoms with Crippen molar-refractivity contribution in [2.24, 2.45) is 0 Å². The molecule has 1 heterocycles. The van der Waals surface area contributed by atoms with E-state index in [0.717, 1.165) is 21.9 Å². The molecule has 26 heavy (non-hydrogen) atoms. The van der Waals surface area contributed by atoms with Crippen LogP contribution in [0.3, 0.4) is 0 Å². The first-order valence-corrected chi connectivity index (χ1v) is 9.67. The Hall–Kier alpha value is -2.43. The number of thioether (sulfide) groups is 1. The zero-order valence-electron chi connectivity index (χ0n) is 14.3. The summed E-state index contributed by atoms with van der Waals surface area (Å²) < 4.78 is 0.609. The van der Waals surface area contributed by atoms with E-state index in [1.54, 1.807) is 4.90 Å². The largest absolute Gasteiger partial charge is 0.286 e. The van der Waals surface area contributed by atoms with Gasteiger partial charge >= 0.3 is 0 Å². The second-order valence-electron chi connectivity index (χ2n) is 6.21. The highest BCUT2D eigenvalue weighted by molar-refractivity contribution is 8.26. The number of benzene rings is 3. The smallest absolute Gasteiger partial charge is 0.266 e. The molecule has 1 amide bonds. The fraction of sp³-hybridized carbons (Fsp3) is 0.0909. The Morgan fingerprint density at radius 1 is 0.962 bits per heavy atom. The Balaban J connectivity index is 1.70. The van der Waals surface area contributed by atoms with Crippen LogP contribution in [0.25, 0.3) is 16.8 Å². The lowest BCUT2D eigenvalue weighted by molar-refractivity contribution is -0.123. The van der Waals surface area contributed by atoms with E-state index in [4.69, 9.17) is 12.2 Å². The van der Waals surface area contributed by atoms with Crippen molar-refractivity contribution in [1.82, 2.24) is 4.90 Å². The average molecular weight is 376 g/mol. The van der Waals surface area contributed by atoms with Crippen molar-refractivity contribution in [3.8, 4) is 0 Å². The molecule has 0 bridgehead atoms. The highest BCUT2D eigenvalue weighted by Crippen LogP contribution is 2.38. The van der Waals surface area contributed by atoms with Gasteiger partial charge in [-0.2, -0.15) is 0 Å². The molecule has 0 spiro atoms. The average Bonchev–Trinajstić information content (AvgIpc) is 2.95. The van der Waals surface area contributed by atoms with Crippen LogP contribution in [0.5, 0.6) is 0 Å². The van der Waals surface area contributed by atoms with Crippen LogP contribution in [0.4, 0.5) is 0 Å². The SMILES string of the molecule is CC(c1ccccc1)N1C(=O)/C(=C\c2cccc3ccccc23)SC1=S. The highest BCUT2D eigenvalue weighted by Gasteiger charge is 2.35. The Morgan fingerprint density at radius 2 is 1.65 bits per heavy atom. The summed E-state index contributed by atoms with van der Waals surface area (Å²) in [7, 11) is 0. The van der Waals surface area contributed by atoms with Gasteiger partial charge < -0.3 is 0 Å². The zero-order chi connectivity index (χ0) is 18.1. The van der Waals surface area contributed by atoms with Gasteiger partial charge in [-0.15, -0.1) is 0 Å². The quantitative estimate of drug-likeness (QED) is 0.426. The summed E-state index contributed by atoms with van der Waals surface area (Å²) in [6.07, 6.45) is 1.96. The lowest BCUT2D eigenvalue weighted by atomic mass is 10.0. The van der Waals surface area contributed by atoms with E-state index in [1.165, 1.54) is 11.8 Å². The summed E-state index contributed by atoms with van der Waals surface area (Å²) >= 11 is 6.89. The number of nitrogens with zero attached hydrogens (tertiary/aromatic N) is 1. The maximum Gasteiger partial charge on any atom is 0.266 e. The molecule has 0 radical (unpaired) electrons. The van der Waals surface area contributed by atoms with Crippen LogP contribution in [0.15, 0.2) is 77.7 Å². The topological polar surface area (TPSA) is 20.3 Å². The van der Waals surface area contributed by atoms with Crippen molar-refractivity contribution < 1.29 is 4.79 Å². The van der Waals surface area contributed by atoms with Crippen molar-refractivity contribution in [3.63, 3.8) is 0 Å². The van der Waals surface area contributed by atoms with Crippen LogP contribution in [0.1, 0.15) is 24.1 Å². The highest BCUT2D eigenvalue weighted by atomic mass is 32.2. The van der Waals surface area contributed by atoms with Gasteiger partial charge in [0.1, 0.15) is 4.32 Å². The normalized spacial score (nSPS) is 17.3. The first-order chi connectivity index (χ1) is 12.6. The molecule has 1 fully saturated rings. The van der Waals surface area contributed by atoms with Crippen LogP contribution in [-0.4, -0.2) is 15.1 Å². The second kappa shape index (κ2) is 7.06. The molecule has 0 aliphatic carbocycles. The van der Waals surface area contributed by atoms with Crippen LogP contribution >= 0.6 is 24.0 Å². The lowest BCUT2D eigenvalue weighted by Crippen LogP contribution is -2.30. The maximum absolute atomic E-state index is 13.0. The fourth-order valence-electron chi connectivity index (χ4n) is 3.21. The van der Waals surface area contributed by atoms with E-state index < -0.39 is 0 Å². The molecule has 1 aliphatic rings. The molecule has 3 aromatic rings. The first-order valence-electron chi connectivity index (χ1n) is 8.45. The van der Waals surface area contributed by atoms with Gasteiger partial charge in [0.2, 0.25) is 0 Å². The van der Waals surface area contributed by atoms with E-state index >= 15 is 0 Å². The molecular formula is C22H17NOS2. The van der Waals surface area contributed by atoms with Crippen molar-refractivity contribution in [1.29, 1.82) is 0 Å². The standard InChI is InChI=1S/C22H17NOS2/c1-15(16-8-3-2-4-9-16)23-21(24)20(26-22(23)25)14-18-12-7-11-17-10-5-6-13-19(17)18/h2-15H,1H3/b20-14+. The van der Waals surface area contributed by atoms with Gasteiger partial charge in [0.05, 0.1) is 10.9 Å². The van der Waals surface area contributed by atoms with E-state index in [-0.39, 0.29) is 11.9 Å². The summed E-state index contributed by atoms with van der Waals surface area (Å²) in [5.74, 6) is -0.0238. The van der Waals surface area contributed by atoms with Crippen molar-refractivity contribution in [3.05, 3.63) is 88.8 Å². The molecule has 2 nitrogen and oxygen atoms in total. The van der Waals surface area contributed by atoms with Gasteiger partial charge in [-0.05, 0) is 34.9 Å². The molecule has 4 rings (SSSR count). The number of carbonyl (C=O) groups excluding carboxylic acids is 1. The third-order valence-electron chi connectivity index (χ3n) is 4.60. The number of amides is 1. The Morgan fingerprint density at radius 3 is 2.46 bits per heavy atom. The van der Waals surface area contributed by atoms with Crippen LogP contribution in [0, 0.1) is 0 Å². The predicted molar refractivity (Wildman–Crippen MR) is 114 cm³/mol. The minimum Gasteiger partial charge on any atom is -0.286 e. The first kappa shape index (κ1) is 17.0. The number of thiocarbonyl (C=S) groups is 1. The van der Waals surface area contributed by atoms with Gasteiger partial charge in [-0.1, -0.05) is 96.8 Å². The van der Waals surface area contributed by atoms with Crippen LogP contribution in [-0.2, 0) is 4.79 Å². The van der Waals surface area contributed by atoms with Crippen molar-refractivity contribution >= 4 is 51.1 Å². The summed E-state index contributed by atoms with van der Waals surface area (Å²) in [6, 6.07) is 24.2. The van der Waals surface area contributed by atoms with Crippen LogP contribution in [0.2, 0.25) is 0 Å². The Bertz CT molecular complexity index is 1020. The third kappa shape index (κ3) is 3.06. The summed E-state index contributed by atoms with van der Waals surface area (Å²) in [5, 5.41) is 2.30. The molecule has 4 heteroatoms. The second-order valence-corrected chi connectivity index (χ2v) is 7.88. The maximum atomic E-state index is 13.0. The molecule has 1 unspecified atom stereocenters. The summed E-state index contributed by atoms with van der Waals surface area (Å²) in [6.45, 7) is 2.01. The number of hydrogen-bond acceptors (Lipinski definition) is 3. The van der Waals surface area contributed by atoms with Crippen molar-refractivity contribution in [2.75, 3.05) is 0 Å². The van der Waals surface area contributed by atoms with Gasteiger partial charge in [0.15, 0.2) is 0 Å². The van der Waals surface area contributed by atoms with E-state index in [1.807, 2.05) is 67.6 Å². The fourth-order valence-corrected chi connectivity index (χ4v) is 4.62. The van der Waals surface area contributed by atoms with E-state index in [0.29, 0.717) is 9.23 Å². The lowest BCUT2D eigenvalue weighted by Gasteiger charge is -2.23. The number of rotatable bonds is 3. The summed E-state index contributed by atoms with van der Waals surface area (Å²) in [5.41, 5.74) is 2.12. The van der Waals surface area contributed by atoms with E-state index in [9.17, 15) is 4.79 Å². The third-order valence-corrected chi connectivity index (χ3v) is 5.93. The monoisotopic (exact) mass is 375 g/mol. The minimum absolute atomic E-state index is 0.0238. The number of carbonyl (C=O) groups is 1. The Labute approximate surface area is 162 Å². The predicted octanol–water partition coefficient (Wildman–Crippen LogP) is 5.80. The number of hydrogen-bond donors (Lipinski definition) is 0. The van der Waals surface area contributed by atoms with Gasteiger partial charge in [-0.3, -0.25) is 9.69 Å².